The minimum Gasteiger partial charge on any atom is -0.361 e. The van der Waals surface area contributed by atoms with E-state index < -0.39 is 0 Å². The molecule has 2 N–H and O–H groups in total. The van der Waals surface area contributed by atoms with Crippen LogP contribution in [-0.2, 0) is 4.79 Å². The van der Waals surface area contributed by atoms with E-state index in [1.54, 1.807) is 35.0 Å². The monoisotopic (exact) mass is 283 g/mol. The lowest BCUT2D eigenvalue weighted by Gasteiger charge is -2.08. The fourth-order valence-electron chi connectivity index (χ4n) is 1.85. The normalized spacial score (nSPS) is 10.5. The van der Waals surface area contributed by atoms with Crippen molar-refractivity contribution in [1.29, 1.82) is 0 Å². The highest BCUT2D eigenvalue weighted by atomic mass is 16.2. The maximum atomic E-state index is 11.9. The van der Waals surface area contributed by atoms with E-state index in [0.29, 0.717) is 17.4 Å². The molecule has 0 aliphatic rings. The summed E-state index contributed by atoms with van der Waals surface area (Å²) < 4.78 is 1.54. The average Bonchev–Trinajstić information content (AvgIpc) is 2.94. The molecule has 3 heterocycles. The van der Waals surface area contributed by atoms with Gasteiger partial charge in [0.05, 0.1) is 6.54 Å². The van der Waals surface area contributed by atoms with Gasteiger partial charge in [0.25, 0.3) is 5.78 Å². The summed E-state index contributed by atoms with van der Waals surface area (Å²) in [5.41, 5.74) is 0.795. The molecule has 3 rings (SSSR count). The Hall–Kier alpha value is -3.03. The van der Waals surface area contributed by atoms with Crippen LogP contribution in [0.1, 0.15) is 5.69 Å². The van der Waals surface area contributed by atoms with E-state index in [0.717, 1.165) is 5.69 Å². The van der Waals surface area contributed by atoms with Crippen LogP contribution >= 0.6 is 0 Å². The molecule has 0 spiro atoms. The van der Waals surface area contributed by atoms with Gasteiger partial charge in [0.2, 0.25) is 5.91 Å². The highest BCUT2D eigenvalue weighted by Crippen LogP contribution is 2.09. The maximum absolute atomic E-state index is 11.9. The Bertz CT molecular complexity index is 769. The lowest BCUT2D eigenvalue weighted by molar-refractivity contribution is -0.114. The molecule has 0 radical (unpaired) electrons. The van der Waals surface area contributed by atoms with E-state index >= 15 is 0 Å². The zero-order chi connectivity index (χ0) is 14.7. The largest absolute Gasteiger partial charge is 0.361 e. The quantitative estimate of drug-likeness (QED) is 0.737. The van der Waals surface area contributed by atoms with Crippen molar-refractivity contribution in [3.8, 4) is 0 Å². The van der Waals surface area contributed by atoms with E-state index in [2.05, 4.69) is 30.7 Å². The third-order valence-corrected chi connectivity index (χ3v) is 2.74. The molecule has 0 aromatic carbocycles. The van der Waals surface area contributed by atoms with Crippen LogP contribution in [0.2, 0.25) is 0 Å². The lowest BCUT2D eigenvalue weighted by atomic mass is 10.4. The zero-order valence-corrected chi connectivity index (χ0v) is 11.3. The van der Waals surface area contributed by atoms with Gasteiger partial charge < -0.3 is 10.6 Å². The summed E-state index contributed by atoms with van der Waals surface area (Å²) >= 11 is 0. The number of hydrogen-bond donors (Lipinski definition) is 2. The Kier molecular flexibility index (Phi) is 3.42. The van der Waals surface area contributed by atoms with E-state index in [1.807, 2.05) is 6.92 Å². The number of pyridine rings is 1. The molecule has 21 heavy (non-hydrogen) atoms. The van der Waals surface area contributed by atoms with Crippen molar-refractivity contribution < 1.29 is 4.79 Å². The Morgan fingerprint density at radius 2 is 2.24 bits per heavy atom. The van der Waals surface area contributed by atoms with Crippen molar-refractivity contribution in [3.05, 3.63) is 42.5 Å². The second-order valence-electron chi connectivity index (χ2n) is 4.37. The van der Waals surface area contributed by atoms with Crippen molar-refractivity contribution in [2.75, 3.05) is 17.2 Å². The summed E-state index contributed by atoms with van der Waals surface area (Å²) in [7, 11) is 0. The minimum atomic E-state index is -0.198. The van der Waals surface area contributed by atoms with Gasteiger partial charge in [-0.05, 0) is 19.1 Å². The number of anilines is 2. The Morgan fingerprint density at radius 1 is 1.33 bits per heavy atom. The number of amides is 1. The predicted octanol–water partition coefficient (Wildman–Crippen LogP) is 0.878. The number of aryl methyl sites for hydroxylation is 1. The molecule has 8 nitrogen and oxygen atoms in total. The Labute approximate surface area is 120 Å². The van der Waals surface area contributed by atoms with Gasteiger partial charge in [-0.3, -0.25) is 4.79 Å². The first kappa shape index (κ1) is 13.0. The molecule has 106 valence electrons. The van der Waals surface area contributed by atoms with Crippen LogP contribution in [0.15, 0.2) is 36.8 Å². The summed E-state index contributed by atoms with van der Waals surface area (Å²) in [4.78, 5) is 24.2. The third kappa shape index (κ3) is 2.94. The van der Waals surface area contributed by atoms with Crippen LogP contribution in [0.25, 0.3) is 5.78 Å². The molecule has 3 aromatic heterocycles. The number of carbonyl (C=O) groups is 1. The fraction of sp³-hybridized carbons (Fsp3) is 0.154. The van der Waals surface area contributed by atoms with Crippen molar-refractivity contribution in [3.63, 3.8) is 0 Å². The Balaban J connectivity index is 1.69. The van der Waals surface area contributed by atoms with E-state index in [-0.39, 0.29) is 12.5 Å². The van der Waals surface area contributed by atoms with Gasteiger partial charge in [0.1, 0.15) is 18.0 Å². The molecule has 0 saturated carbocycles. The second kappa shape index (κ2) is 5.53. The molecule has 0 saturated heterocycles. The number of aromatic nitrogens is 5. The van der Waals surface area contributed by atoms with Crippen molar-refractivity contribution in [1.82, 2.24) is 24.6 Å². The number of hydrogen-bond acceptors (Lipinski definition) is 6. The molecule has 0 atom stereocenters. The highest BCUT2D eigenvalue weighted by molar-refractivity contribution is 5.92. The van der Waals surface area contributed by atoms with Gasteiger partial charge in [-0.15, -0.1) is 0 Å². The first-order valence-electron chi connectivity index (χ1n) is 6.34. The van der Waals surface area contributed by atoms with Crippen LogP contribution in [0.4, 0.5) is 11.6 Å². The fourth-order valence-corrected chi connectivity index (χ4v) is 1.85. The number of carbonyl (C=O) groups excluding carboxylic acids is 1. The molecule has 0 fully saturated rings. The topological polar surface area (TPSA) is 97.1 Å². The first-order chi connectivity index (χ1) is 10.2. The van der Waals surface area contributed by atoms with Crippen molar-refractivity contribution in [2.24, 2.45) is 0 Å². The van der Waals surface area contributed by atoms with Gasteiger partial charge in [0.15, 0.2) is 0 Å². The molecule has 0 aliphatic heterocycles. The second-order valence-corrected chi connectivity index (χ2v) is 4.37. The van der Waals surface area contributed by atoms with E-state index in [1.165, 1.54) is 6.33 Å². The van der Waals surface area contributed by atoms with Gasteiger partial charge in [0, 0.05) is 18.0 Å². The van der Waals surface area contributed by atoms with Crippen LogP contribution in [-0.4, -0.2) is 37.0 Å². The summed E-state index contributed by atoms with van der Waals surface area (Å²) in [6, 6.07) is 7.12. The standard InChI is InChI=1S/C13H13N7O/c1-9-6-11(20-13(18-9)16-8-17-20)15-7-12(21)19-10-4-2-3-5-14-10/h2-6,8,15H,7H2,1H3,(H,14,19,21). The molecule has 0 unspecified atom stereocenters. The van der Waals surface area contributed by atoms with E-state index in [9.17, 15) is 4.79 Å². The first-order valence-corrected chi connectivity index (χ1v) is 6.34. The smallest absolute Gasteiger partial charge is 0.254 e. The lowest BCUT2D eigenvalue weighted by Crippen LogP contribution is -2.23. The number of nitrogens with zero attached hydrogens (tertiary/aromatic N) is 5. The average molecular weight is 283 g/mol. The SMILES string of the molecule is Cc1cc(NCC(=O)Nc2ccccn2)n2ncnc2n1. The van der Waals surface area contributed by atoms with Gasteiger partial charge in [-0.2, -0.15) is 14.6 Å². The molecule has 8 heteroatoms. The third-order valence-electron chi connectivity index (χ3n) is 2.74. The van der Waals surface area contributed by atoms with Gasteiger partial charge in [-0.25, -0.2) is 9.97 Å². The summed E-state index contributed by atoms with van der Waals surface area (Å²) in [6.07, 6.45) is 3.04. The maximum Gasteiger partial charge on any atom is 0.254 e. The van der Waals surface area contributed by atoms with Gasteiger partial charge >= 0.3 is 0 Å². The number of nitrogens with one attached hydrogen (secondary N) is 2. The minimum absolute atomic E-state index is 0.0922. The van der Waals surface area contributed by atoms with Gasteiger partial charge in [-0.1, -0.05) is 6.07 Å². The highest BCUT2D eigenvalue weighted by Gasteiger charge is 2.07. The zero-order valence-electron chi connectivity index (χ0n) is 11.3. The number of fused-ring (bicyclic) bond motifs is 1. The molecule has 3 aromatic rings. The Morgan fingerprint density at radius 3 is 3.05 bits per heavy atom. The predicted molar refractivity (Wildman–Crippen MR) is 76.9 cm³/mol. The van der Waals surface area contributed by atoms with Crippen LogP contribution in [0.3, 0.4) is 0 Å². The number of rotatable bonds is 4. The summed E-state index contributed by atoms with van der Waals surface area (Å²) in [6.45, 7) is 1.95. The van der Waals surface area contributed by atoms with Crippen LogP contribution in [0.5, 0.6) is 0 Å². The van der Waals surface area contributed by atoms with Crippen LogP contribution in [0, 0.1) is 6.92 Å². The van der Waals surface area contributed by atoms with Crippen molar-refractivity contribution in [2.45, 2.75) is 6.92 Å². The molecule has 0 bridgehead atoms. The molecular formula is C13H13N7O. The van der Waals surface area contributed by atoms with E-state index in [4.69, 9.17) is 0 Å². The van der Waals surface area contributed by atoms with Crippen LogP contribution < -0.4 is 10.6 Å². The molecule has 1 amide bonds. The summed E-state index contributed by atoms with van der Waals surface area (Å²) in [5.74, 6) is 1.46. The summed E-state index contributed by atoms with van der Waals surface area (Å²) in [5, 5.41) is 9.77. The molecule has 0 aliphatic carbocycles. The van der Waals surface area contributed by atoms with Crippen molar-refractivity contribution >= 4 is 23.3 Å². The molecular weight excluding hydrogens is 270 g/mol.